The predicted octanol–water partition coefficient (Wildman–Crippen LogP) is 2.66. The van der Waals surface area contributed by atoms with Crippen LogP contribution in [0.15, 0.2) is 61.1 Å². The summed E-state index contributed by atoms with van der Waals surface area (Å²) in [6.45, 7) is 2.80. The van der Waals surface area contributed by atoms with Crippen LogP contribution in [0.5, 0.6) is 5.75 Å². The van der Waals surface area contributed by atoms with Crippen molar-refractivity contribution in [2.75, 3.05) is 6.61 Å². The molecule has 0 bridgehead atoms. The van der Waals surface area contributed by atoms with Crippen LogP contribution in [0.1, 0.15) is 17.5 Å². The van der Waals surface area contributed by atoms with Gasteiger partial charge in [0.1, 0.15) is 5.75 Å². The fourth-order valence-electron chi connectivity index (χ4n) is 2.32. The highest BCUT2D eigenvalue weighted by Crippen LogP contribution is 2.12. The van der Waals surface area contributed by atoms with E-state index in [2.05, 4.69) is 15.4 Å². The Balaban J connectivity index is 1.41. The van der Waals surface area contributed by atoms with Gasteiger partial charge in [-0.15, -0.1) is 0 Å². The lowest BCUT2D eigenvalue weighted by atomic mass is 10.2. The number of carbonyl (C=O) groups is 1. The lowest BCUT2D eigenvalue weighted by molar-refractivity contribution is -0.121. The zero-order chi connectivity index (χ0) is 17.5. The lowest BCUT2D eigenvalue weighted by Crippen LogP contribution is -2.24. The molecule has 6 nitrogen and oxygen atoms in total. The van der Waals surface area contributed by atoms with Crippen molar-refractivity contribution in [2.45, 2.75) is 19.9 Å². The molecule has 6 heteroatoms. The zero-order valence-electron chi connectivity index (χ0n) is 14.1. The highest BCUT2D eigenvalue weighted by molar-refractivity contribution is 5.75. The average molecular weight is 336 g/mol. The Kier molecular flexibility index (Phi) is 5.41. The molecule has 0 spiro atoms. The fraction of sp³-hybridized carbons (Fsp3) is 0.211. The molecule has 0 aliphatic rings. The summed E-state index contributed by atoms with van der Waals surface area (Å²) in [6.07, 6.45) is 5.58. The largest absolute Gasteiger partial charge is 0.493 e. The number of aromatic nitrogens is 3. The number of ether oxygens (including phenoxy) is 1. The van der Waals surface area contributed by atoms with Gasteiger partial charge in [-0.25, -0.2) is 9.67 Å². The van der Waals surface area contributed by atoms with E-state index in [-0.39, 0.29) is 5.91 Å². The van der Waals surface area contributed by atoms with Crippen LogP contribution in [-0.4, -0.2) is 27.3 Å². The third kappa shape index (κ3) is 4.91. The molecule has 0 saturated heterocycles. The number of nitrogens with zero attached hydrogens (tertiary/aromatic N) is 3. The summed E-state index contributed by atoms with van der Waals surface area (Å²) in [5, 5.41) is 6.99. The summed E-state index contributed by atoms with van der Waals surface area (Å²) in [6, 6.07) is 13.4. The number of pyridine rings is 1. The minimum Gasteiger partial charge on any atom is -0.493 e. The van der Waals surface area contributed by atoms with Crippen molar-refractivity contribution in [3.8, 4) is 11.6 Å². The Morgan fingerprint density at radius 3 is 2.88 bits per heavy atom. The molecule has 0 aliphatic heterocycles. The molecule has 0 aliphatic carbocycles. The highest BCUT2D eigenvalue weighted by Gasteiger charge is 2.04. The molecular weight excluding hydrogens is 316 g/mol. The van der Waals surface area contributed by atoms with E-state index in [4.69, 9.17) is 4.74 Å². The van der Waals surface area contributed by atoms with Gasteiger partial charge in [-0.2, -0.15) is 5.10 Å². The predicted molar refractivity (Wildman–Crippen MR) is 94.5 cm³/mol. The molecule has 0 unspecified atom stereocenters. The van der Waals surface area contributed by atoms with E-state index >= 15 is 0 Å². The number of benzene rings is 1. The summed E-state index contributed by atoms with van der Waals surface area (Å²) in [7, 11) is 0. The van der Waals surface area contributed by atoms with Crippen molar-refractivity contribution in [3.05, 3.63) is 72.2 Å². The first-order valence-electron chi connectivity index (χ1n) is 8.12. The van der Waals surface area contributed by atoms with Crippen LogP contribution < -0.4 is 10.1 Å². The molecule has 0 fully saturated rings. The van der Waals surface area contributed by atoms with E-state index in [0.717, 1.165) is 22.7 Å². The van der Waals surface area contributed by atoms with Gasteiger partial charge in [0.2, 0.25) is 5.91 Å². The molecule has 1 amide bonds. The number of carbonyl (C=O) groups excluding carboxylic acids is 1. The van der Waals surface area contributed by atoms with Gasteiger partial charge in [0.15, 0.2) is 5.82 Å². The van der Waals surface area contributed by atoms with Crippen molar-refractivity contribution >= 4 is 5.91 Å². The van der Waals surface area contributed by atoms with Gasteiger partial charge in [-0.3, -0.25) is 4.79 Å². The van der Waals surface area contributed by atoms with E-state index in [1.807, 2.05) is 55.6 Å². The molecule has 0 saturated carbocycles. The van der Waals surface area contributed by atoms with Crippen molar-refractivity contribution < 1.29 is 9.53 Å². The number of rotatable bonds is 7. The summed E-state index contributed by atoms with van der Waals surface area (Å²) in [4.78, 5) is 16.2. The first-order chi connectivity index (χ1) is 12.2. The standard InChI is InChI=1S/C19H20N4O2/c1-15-4-2-5-17(12-15)25-11-8-19(24)21-14-16-6-7-18(20-13-16)23-10-3-9-22-23/h2-7,9-10,12-13H,8,11,14H2,1H3,(H,21,24). The molecule has 1 aromatic carbocycles. The minimum absolute atomic E-state index is 0.0520. The maximum atomic E-state index is 11.9. The second kappa shape index (κ2) is 8.10. The van der Waals surface area contributed by atoms with Gasteiger partial charge in [-0.05, 0) is 42.3 Å². The minimum atomic E-state index is -0.0520. The van der Waals surface area contributed by atoms with Crippen LogP contribution in [0.25, 0.3) is 5.82 Å². The lowest BCUT2D eigenvalue weighted by Gasteiger charge is -2.08. The van der Waals surface area contributed by atoms with Gasteiger partial charge >= 0.3 is 0 Å². The third-order valence-electron chi connectivity index (χ3n) is 3.63. The van der Waals surface area contributed by atoms with Crippen LogP contribution in [0.4, 0.5) is 0 Å². The van der Waals surface area contributed by atoms with Crippen LogP contribution in [0.3, 0.4) is 0 Å². The maximum absolute atomic E-state index is 11.9. The SMILES string of the molecule is Cc1cccc(OCCC(=O)NCc2ccc(-n3cccn3)nc2)c1. The van der Waals surface area contributed by atoms with E-state index in [1.54, 1.807) is 17.1 Å². The quantitative estimate of drug-likeness (QED) is 0.720. The average Bonchev–Trinajstić information content (AvgIpc) is 3.15. The molecule has 128 valence electrons. The molecule has 3 rings (SSSR count). The topological polar surface area (TPSA) is 69.0 Å². The van der Waals surface area contributed by atoms with Crippen LogP contribution >= 0.6 is 0 Å². The van der Waals surface area contributed by atoms with Crippen LogP contribution in [0, 0.1) is 6.92 Å². The summed E-state index contributed by atoms with van der Waals surface area (Å²) in [5.74, 6) is 1.47. The normalized spacial score (nSPS) is 10.4. The second-order valence-corrected chi connectivity index (χ2v) is 5.67. The summed E-state index contributed by atoms with van der Waals surface area (Å²) < 4.78 is 7.27. The van der Waals surface area contributed by atoms with Gasteiger partial charge in [0.25, 0.3) is 0 Å². The number of aryl methyl sites for hydroxylation is 1. The molecule has 2 heterocycles. The Hall–Kier alpha value is -3.15. The smallest absolute Gasteiger partial charge is 0.223 e. The number of amides is 1. The fourth-order valence-corrected chi connectivity index (χ4v) is 2.32. The van der Waals surface area contributed by atoms with E-state index in [9.17, 15) is 4.79 Å². The summed E-state index contributed by atoms with van der Waals surface area (Å²) in [5.41, 5.74) is 2.07. The molecule has 0 radical (unpaired) electrons. The van der Waals surface area contributed by atoms with Gasteiger partial charge in [-0.1, -0.05) is 18.2 Å². The molecule has 2 aromatic heterocycles. The van der Waals surface area contributed by atoms with Crippen molar-refractivity contribution in [1.29, 1.82) is 0 Å². The van der Waals surface area contributed by atoms with E-state index < -0.39 is 0 Å². The monoisotopic (exact) mass is 336 g/mol. The molecular formula is C19H20N4O2. The van der Waals surface area contributed by atoms with Crippen molar-refractivity contribution in [3.63, 3.8) is 0 Å². The maximum Gasteiger partial charge on any atom is 0.223 e. The van der Waals surface area contributed by atoms with Crippen molar-refractivity contribution in [1.82, 2.24) is 20.1 Å². The zero-order valence-corrected chi connectivity index (χ0v) is 14.1. The van der Waals surface area contributed by atoms with E-state index in [0.29, 0.717) is 19.6 Å². The molecule has 0 atom stereocenters. The third-order valence-corrected chi connectivity index (χ3v) is 3.63. The molecule has 1 N–H and O–H groups in total. The van der Waals surface area contributed by atoms with Crippen molar-refractivity contribution in [2.24, 2.45) is 0 Å². The van der Waals surface area contributed by atoms with Gasteiger partial charge in [0.05, 0.1) is 13.0 Å². The number of hydrogen-bond acceptors (Lipinski definition) is 4. The first kappa shape index (κ1) is 16.7. The number of hydrogen-bond donors (Lipinski definition) is 1. The summed E-state index contributed by atoms with van der Waals surface area (Å²) >= 11 is 0. The van der Waals surface area contributed by atoms with Gasteiger partial charge in [0, 0.05) is 25.1 Å². The molecule has 3 aromatic rings. The Morgan fingerprint density at radius 1 is 1.24 bits per heavy atom. The Labute approximate surface area is 146 Å². The van der Waals surface area contributed by atoms with E-state index in [1.165, 1.54) is 0 Å². The number of nitrogens with one attached hydrogen (secondary N) is 1. The van der Waals surface area contributed by atoms with Crippen LogP contribution in [-0.2, 0) is 11.3 Å². The highest BCUT2D eigenvalue weighted by atomic mass is 16.5. The van der Waals surface area contributed by atoms with Gasteiger partial charge < -0.3 is 10.1 Å². The second-order valence-electron chi connectivity index (χ2n) is 5.67. The Bertz CT molecular complexity index is 814. The first-order valence-corrected chi connectivity index (χ1v) is 8.12. The Morgan fingerprint density at radius 2 is 2.16 bits per heavy atom. The molecule has 25 heavy (non-hydrogen) atoms. The van der Waals surface area contributed by atoms with Crippen LogP contribution in [0.2, 0.25) is 0 Å².